The SMILES string of the molecule is CC(C)(C)NS(=O)(=O)c1ccccc1NS(=O)(=O)CCc1ccc(Br)cc1OCC1CCOCC1. The van der Waals surface area contributed by atoms with Crippen molar-refractivity contribution in [3.8, 4) is 5.75 Å². The van der Waals surface area contributed by atoms with Gasteiger partial charge in [0, 0.05) is 23.2 Å². The summed E-state index contributed by atoms with van der Waals surface area (Å²) in [6.07, 6.45) is 2.09. The molecular weight excluding hydrogens is 556 g/mol. The van der Waals surface area contributed by atoms with Gasteiger partial charge in [-0.05, 0) is 75.8 Å². The zero-order valence-corrected chi connectivity index (χ0v) is 23.4. The van der Waals surface area contributed by atoms with Crippen LogP contribution in [0.5, 0.6) is 5.75 Å². The molecule has 0 aromatic heterocycles. The fourth-order valence-electron chi connectivity index (χ4n) is 3.70. The third-order valence-electron chi connectivity index (χ3n) is 5.37. The Bertz CT molecular complexity index is 1220. The quantitative estimate of drug-likeness (QED) is 0.427. The van der Waals surface area contributed by atoms with Gasteiger partial charge >= 0.3 is 0 Å². The Hall–Kier alpha value is -1.66. The van der Waals surface area contributed by atoms with E-state index in [0.29, 0.717) is 18.3 Å². The van der Waals surface area contributed by atoms with Crippen LogP contribution >= 0.6 is 15.9 Å². The summed E-state index contributed by atoms with van der Waals surface area (Å²) in [4.78, 5) is -0.123. The fraction of sp³-hybridized carbons (Fsp3) is 0.500. The first-order chi connectivity index (χ1) is 16.3. The average molecular weight is 590 g/mol. The normalized spacial score (nSPS) is 15.7. The van der Waals surface area contributed by atoms with Gasteiger partial charge in [0.15, 0.2) is 0 Å². The number of para-hydroxylation sites is 1. The van der Waals surface area contributed by atoms with Gasteiger partial charge in [0.05, 0.1) is 18.0 Å². The lowest BCUT2D eigenvalue weighted by atomic mass is 10.0. The molecule has 2 aromatic carbocycles. The minimum Gasteiger partial charge on any atom is -0.493 e. The molecule has 0 amide bonds. The Labute approximate surface area is 217 Å². The highest BCUT2D eigenvalue weighted by molar-refractivity contribution is 9.10. The second-order valence-electron chi connectivity index (χ2n) is 9.64. The molecule has 0 saturated carbocycles. The van der Waals surface area contributed by atoms with Crippen LogP contribution in [0.1, 0.15) is 39.2 Å². The second kappa shape index (κ2) is 11.6. The van der Waals surface area contributed by atoms with Crippen LogP contribution in [0.4, 0.5) is 5.69 Å². The van der Waals surface area contributed by atoms with Crippen LogP contribution in [-0.2, 0) is 31.2 Å². The number of hydrogen-bond donors (Lipinski definition) is 2. The molecule has 35 heavy (non-hydrogen) atoms. The highest BCUT2D eigenvalue weighted by Gasteiger charge is 2.26. The van der Waals surface area contributed by atoms with Crippen LogP contribution in [0, 0.1) is 5.92 Å². The standard InChI is InChI=1S/C24H33BrN2O6S2/c1-24(2,3)27-35(30,31)23-7-5-4-6-21(23)26-34(28,29)15-12-19-8-9-20(25)16-22(19)33-17-18-10-13-32-14-11-18/h4-9,16,18,26-27H,10-15,17H2,1-3H3. The van der Waals surface area contributed by atoms with E-state index in [4.69, 9.17) is 9.47 Å². The van der Waals surface area contributed by atoms with Crippen molar-refractivity contribution in [1.29, 1.82) is 0 Å². The molecule has 11 heteroatoms. The highest BCUT2D eigenvalue weighted by atomic mass is 79.9. The average Bonchev–Trinajstić information content (AvgIpc) is 2.76. The number of ether oxygens (including phenoxy) is 2. The van der Waals surface area contributed by atoms with E-state index in [1.54, 1.807) is 32.9 Å². The lowest BCUT2D eigenvalue weighted by molar-refractivity contribution is 0.0496. The smallest absolute Gasteiger partial charge is 0.243 e. The van der Waals surface area contributed by atoms with Crippen LogP contribution in [-0.4, -0.2) is 47.9 Å². The van der Waals surface area contributed by atoms with Gasteiger partial charge in [0.1, 0.15) is 10.6 Å². The third kappa shape index (κ3) is 8.75. The summed E-state index contributed by atoms with van der Waals surface area (Å²) in [7, 11) is -7.78. The van der Waals surface area contributed by atoms with Gasteiger partial charge in [-0.2, -0.15) is 0 Å². The van der Waals surface area contributed by atoms with Gasteiger partial charge in [0.2, 0.25) is 20.0 Å². The maximum Gasteiger partial charge on any atom is 0.243 e. The monoisotopic (exact) mass is 588 g/mol. The summed E-state index contributed by atoms with van der Waals surface area (Å²) in [5.41, 5.74) is 0.0602. The molecule has 1 heterocycles. The maximum absolute atomic E-state index is 12.9. The van der Waals surface area contributed by atoms with Gasteiger partial charge in [0.25, 0.3) is 0 Å². The zero-order valence-electron chi connectivity index (χ0n) is 20.2. The van der Waals surface area contributed by atoms with Gasteiger partial charge in [-0.1, -0.05) is 34.1 Å². The topological polar surface area (TPSA) is 111 Å². The number of halogens is 1. The summed E-state index contributed by atoms with van der Waals surface area (Å²) in [5.74, 6) is 0.808. The molecule has 8 nitrogen and oxygen atoms in total. The van der Waals surface area contributed by atoms with E-state index in [2.05, 4.69) is 25.4 Å². The van der Waals surface area contributed by atoms with Crippen molar-refractivity contribution in [2.45, 2.75) is 50.5 Å². The summed E-state index contributed by atoms with van der Waals surface area (Å²) >= 11 is 3.45. The van der Waals surface area contributed by atoms with Crippen LogP contribution < -0.4 is 14.2 Å². The lowest BCUT2D eigenvalue weighted by Crippen LogP contribution is -2.40. The molecule has 2 aromatic rings. The first-order valence-electron chi connectivity index (χ1n) is 11.5. The van der Waals surface area contributed by atoms with Crippen LogP contribution in [0.2, 0.25) is 0 Å². The number of rotatable bonds is 10. The molecular formula is C24H33BrN2O6S2. The Morgan fingerprint density at radius 2 is 1.74 bits per heavy atom. The molecule has 0 atom stereocenters. The zero-order chi connectivity index (χ0) is 25.7. The van der Waals surface area contributed by atoms with Gasteiger partial charge in [-0.25, -0.2) is 21.6 Å². The molecule has 0 aliphatic carbocycles. The summed E-state index contributed by atoms with van der Waals surface area (Å²) in [6.45, 7) is 7.16. The predicted molar refractivity (Wildman–Crippen MR) is 141 cm³/mol. The van der Waals surface area contributed by atoms with Gasteiger partial charge in [-0.15, -0.1) is 0 Å². The van der Waals surface area contributed by atoms with Gasteiger partial charge < -0.3 is 9.47 Å². The van der Waals surface area contributed by atoms with Crippen molar-refractivity contribution < 1.29 is 26.3 Å². The largest absolute Gasteiger partial charge is 0.493 e. The summed E-state index contributed by atoms with van der Waals surface area (Å²) in [5, 5.41) is 0. The number of benzene rings is 2. The van der Waals surface area contributed by atoms with E-state index in [1.807, 2.05) is 18.2 Å². The van der Waals surface area contributed by atoms with Crippen molar-refractivity contribution in [2.75, 3.05) is 30.3 Å². The van der Waals surface area contributed by atoms with E-state index in [0.717, 1.165) is 36.1 Å². The van der Waals surface area contributed by atoms with E-state index >= 15 is 0 Å². The molecule has 1 fully saturated rings. The maximum atomic E-state index is 12.9. The summed E-state index contributed by atoms with van der Waals surface area (Å²) < 4.78 is 68.8. The fourth-order valence-corrected chi connectivity index (χ4v) is 6.79. The Kier molecular flexibility index (Phi) is 9.25. The van der Waals surface area contributed by atoms with E-state index < -0.39 is 25.6 Å². The molecule has 0 unspecified atom stereocenters. The van der Waals surface area contributed by atoms with Gasteiger partial charge in [-0.3, -0.25) is 4.72 Å². The van der Waals surface area contributed by atoms with Crippen molar-refractivity contribution in [2.24, 2.45) is 5.92 Å². The first-order valence-corrected chi connectivity index (χ1v) is 15.4. The number of hydrogen-bond acceptors (Lipinski definition) is 6. The molecule has 0 spiro atoms. The van der Waals surface area contributed by atoms with E-state index in [1.165, 1.54) is 12.1 Å². The third-order valence-corrected chi connectivity index (χ3v) is 8.95. The summed E-state index contributed by atoms with van der Waals surface area (Å²) in [6, 6.07) is 11.5. The highest BCUT2D eigenvalue weighted by Crippen LogP contribution is 2.27. The predicted octanol–water partition coefficient (Wildman–Crippen LogP) is 4.32. The molecule has 1 aliphatic rings. The van der Waals surface area contributed by atoms with Crippen molar-refractivity contribution in [3.63, 3.8) is 0 Å². The number of aryl methyl sites for hydroxylation is 1. The molecule has 0 bridgehead atoms. The molecule has 2 N–H and O–H groups in total. The van der Waals surface area contributed by atoms with Crippen molar-refractivity contribution >= 4 is 41.7 Å². The first kappa shape index (κ1) is 27.9. The van der Waals surface area contributed by atoms with Crippen molar-refractivity contribution in [3.05, 3.63) is 52.5 Å². The molecule has 194 valence electrons. The molecule has 3 rings (SSSR count). The van der Waals surface area contributed by atoms with E-state index in [-0.39, 0.29) is 22.8 Å². The minimum atomic E-state index is -3.93. The molecule has 1 saturated heterocycles. The Morgan fingerprint density at radius 3 is 2.43 bits per heavy atom. The van der Waals surface area contributed by atoms with Crippen molar-refractivity contribution in [1.82, 2.24) is 4.72 Å². The Balaban J connectivity index is 1.71. The lowest BCUT2D eigenvalue weighted by Gasteiger charge is -2.23. The minimum absolute atomic E-state index is 0.0102. The number of sulfonamides is 2. The Morgan fingerprint density at radius 1 is 1.06 bits per heavy atom. The number of nitrogens with one attached hydrogen (secondary N) is 2. The molecule has 1 aliphatic heterocycles. The van der Waals surface area contributed by atoms with Crippen LogP contribution in [0.25, 0.3) is 0 Å². The number of anilines is 1. The van der Waals surface area contributed by atoms with Crippen LogP contribution in [0.3, 0.4) is 0 Å². The molecule has 0 radical (unpaired) electrons. The second-order valence-corrected chi connectivity index (χ2v) is 14.0. The van der Waals surface area contributed by atoms with E-state index in [9.17, 15) is 16.8 Å². The van der Waals surface area contributed by atoms with Crippen LogP contribution in [0.15, 0.2) is 51.8 Å².